The Hall–Kier alpha value is -3.44. The molecule has 0 heterocycles. The maximum Gasteiger partial charge on any atom is 0.150 e. The highest BCUT2D eigenvalue weighted by atomic mass is 16.5. The van der Waals surface area contributed by atoms with Crippen LogP contribution in [0.4, 0.5) is 0 Å². The Labute approximate surface area is 120 Å². The third-order valence-electron chi connectivity index (χ3n) is 2.69. The van der Waals surface area contributed by atoms with Gasteiger partial charge in [-0.15, -0.1) is 0 Å². The summed E-state index contributed by atoms with van der Waals surface area (Å²) in [6.45, 7) is 0. The minimum atomic E-state index is 0.192. The number of hydrogen-bond acceptors (Lipinski definition) is 5. The van der Waals surface area contributed by atoms with Gasteiger partial charge in [0.1, 0.15) is 36.2 Å². The SMILES string of the molecule is N#Cc1ccc(Oc2cc(C=O)cc(C=O)c2)cc1C#N. The van der Waals surface area contributed by atoms with Crippen molar-refractivity contribution in [3.8, 4) is 23.6 Å². The van der Waals surface area contributed by atoms with Crippen LogP contribution in [0.25, 0.3) is 0 Å². The summed E-state index contributed by atoms with van der Waals surface area (Å²) in [5, 5.41) is 17.8. The molecular formula is C16H8N2O3. The first kappa shape index (κ1) is 14.0. The molecule has 21 heavy (non-hydrogen) atoms. The number of rotatable bonds is 4. The fraction of sp³-hybridized carbons (Fsp3) is 0. The molecule has 0 aliphatic rings. The van der Waals surface area contributed by atoms with Gasteiger partial charge in [0.25, 0.3) is 0 Å². The average molecular weight is 276 g/mol. The lowest BCUT2D eigenvalue weighted by Gasteiger charge is -2.07. The zero-order valence-electron chi connectivity index (χ0n) is 10.7. The van der Waals surface area contributed by atoms with E-state index in [1.54, 1.807) is 0 Å². The third-order valence-corrected chi connectivity index (χ3v) is 2.69. The second kappa shape index (κ2) is 6.14. The molecule has 0 amide bonds. The Kier molecular flexibility index (Phi) is 4.09. The lowest BCUT2D eigenvalue weighted by atomic mass is 10.1. The molecule has 0 aliphatic carbocycles. The van der Waals surface area contributed by atoms with E-state index >= 15 is 0 Å². The van der Waals surface area contributed by atoms with Crippen LogP contribution in [0, 0.1) is 22.7 Å². The Morgan fingerprint density at radius 3 is 1.95 bits per heavy atom. The van der Waals surface area contributed by atoms with Crippen molar-refractivity contribution < 1.29 is 14.3 Å². The predicted octanol–water partition coefficient (Wildman–Crippen LogP) is 2.85. The van der Waals surface area contributed by atoms with Crippen molar-refractivity contribution in [1.82, 2.24) is 0 Å². The minimum absolute atomic E-state index is 0.192. The zero-order valence-corrected chi connectivity index (χ0v) is 10.7. The van der Waals surface area contributed by atoms with E-state index in [4.69, 9.17) is 15.3 Å². The van der Waals surface area contributed by atoms with Crippen LogP contribution in [0.5, 0.6) is 11.5 Å². The van der Waals surface area contributed by atoms with Gasteiger partial charge in [0.2, 0.25) is 0 Å². The summed E-state index contributed by atoms with van der Waals surface area (Å²) in [7, 11) is 0. The molecule has 2 aromatic carbocycles. The average Bonchev–Trinajstić information content (AvgIpc) is 2.54. The molecule has 2 aromatic rings. The van der Waals surface area contributed by atoms with Crippen LogP contribution in [-0.4, -0.2) is 12.6 Å². The van der Waals surface area contributed by atoms with E-state index in [1.807, 2.05) is 12.1 Å². The lowest BCUT2D eigenvalue weighted by Crippen LogP contribution is -1.92. The largest absolute Gasteiger partial charge is 0.457 e. The topological polar surface area (TPSA) is 90.9 Å². The van der Waals surface area contributed by atoms with Crippen LogP contribution in [0.15, 0.2) is 36.4 Å². The van der Waals surface area contributed by atoms with Gasteiger partial charge in [-0.05, 0) is 36.4 Å². The summed E-state index contributed by atoms with van der Waals surface area (Å²) >= 11 is 0. The van der Waals surface area contributed by atoms with Gasteiger partial charge >= 0.3 is 0 Å². The quantitative estimate of drug-likeness (QED) is 0.801. The van der Waals surface area contributed by atoms with E-state index in [1.165, 1.54) is 36.4 Å². The molecule has 0 spiro atoms. The van der Waals surface area contributed by atoms with Gasteiger partial charge in [-0.2, -0.15) is 10.5 Å². The standard InChI is InChI=1S/C16H8N2O3/c17-7-13-1-2-15(6-14(13)8-18)21-16-4-11(9-19)3-12(5-16)10-20/h1-6,9-10H. The molecule has 5 nitrogen and oxygen atoms in total. The van der Waals surface area contributed by atoms with Crippen LogP contribution in [0.3, 0.4) is 0 Å². The monoisotopic (exact) mass is 276 g/mol. The number of carbonyl (C=O) groups excluding carboxylic acids is 2. The number of aldehydes is 2. The molecule has 0 fully saturated rings. The molecule has 0 aromatic heterocycles. The Morgan fingerprint density at radius 2 is 1.43 bits per heavy atom. The Balaban J connectivity index is 2.39. The number of benzene rings is 2. The number of carbonyl (C=O) groups is 2. The summed E-state index contributed by atoms with van der Waals surface area (Å²) in [4.78, 5) is 21.6. The van der Waals surface area contributed by atoms with Crippen LogP contribution < -0.4 is 4.74 Å². The van der Waals surface area contributed by atoms with Gasteiger partial charge in [-0.3, -0.25) is 9.59 Å². The first-order valence-electron chi connectivity index (χ1n) is 5.87. The molecule has 2 rings (SSSR count). The number of nitrogens with zero attached hydrogens (tertiary/aromatic N) is 2. The molecule has 0 saturated heterocycles. The summed E-state index contributed by atoms with van der Waals surface area (Å²) in [6, 6.07) is 12.6. The van der Waals surface area contributed by atoms with Crippen molar-refractivity contribution in [2.24, 2.45) is 0 Å². The fourth-order valence-electron chi connectivity index (χ4n) is 1.75. The van der Waals surface area contributed by atoms with Crippen molar-refractivity contribution in [1.29, 1.82) is 10.5 Å². The van der Waals surface area contributed by atoms with E-state index in [2.05, 4.69) is 0 Å². The summed E-state index contributed by atoms with van der Waals surface area (Å²) in [5.41, 5.74) is 1.06. The molecule has 0 unspecified atom stereocenters. The van der Waals surface area contributed by atoms with Crippen LogP contribution in [-0.2, 0) is 0 Å². The molecule has 0 aliphatic heterocycles. The molecule has 0 atom stereocenters. The van der Waals surface area contributed by atoms with Gasteiger partial charge < -0.3 is 4.74 Å². The molecule has 0 bridgehead atoms. The molecule has 100 valence electrons. The number of hydrogen-bond donors (Lipinski definition) is 0. The fourth-order valence-corrected chi connectivity index (χ4v) is 1.75. The van der Waals surface area contributed by atoms with E-state index in [0.717, 1.165) is 0 Å². The van der Waals surface area contributed by atoms with E-state index in [0.29, 0.717) is 35.2 Å². The van der Waals surface area contributed by atoms with Gasteiger partial charge in [-0.1, -0.05) is 0 Å². The van der Waals surface area contributed by atoms with Crippen LogP contribution in [0.1, 0.15) is 31.8 Å². The molecule has 0 N–H and O–H groups in total. The van der Waals surface area contributed by atoms with Gasteiger partial charge in [0, 0.05) is 11.1 Å². The highest BCUT2D eigenvalue weighted by Crippen LogP contribution is 2.25. The van der Waals surface area contributed by atoms with E-state index < -0.39 is 0 Å². The summed E-state index contributed by atoms with van der Waals surface area (Å²) in [5.74, 6) is 0.640. The van der Waals surface area contributed by atoms with Crippen molar-refractivity contribution >= 4 is 12.6 Å². The number of nitriles is 2. The highest BCUT2D eigenvalue weighted by Gasteiger charge is 2.06. The third kappa shape index (κ3) is 3.12. The van der Waals surface area contributed by atoms with Gasteiger partial charge in [0.15, 0.2) is 0 Å². The summed E-state index contributed by atoms with van der Waals surface area (Å²) < 4.78 is 5.53. The molecule has 0 saturated carbocycles. The molecular weight excluding hydrogens is 268 g/mol. The normalized spacial score (nSPS) is 9.24. The second-order valence-electron chi connectivity index (χ2n) is 4.10. The first-order chi connectivity index (χ1) is 10.2. The predicted molar refractivity (Wildman–Crippen MR) is 73.2 cm³/mol. The van der Waals surface area contributed by atoms with E-state index in [9.17, 15) is 9.59 Å². The Morgan fingerprint density at radius 1 is 0.810 bits per heavy atom. The zero-order chi connectivity index (χ0) is 15.2. The highest BCUT2D eigenvalue weighted by molar-refractivity contribution is 5.83. The second-order valence-corrected chi connectivity index (χ2v) is 4.10. The van der Waals surface area contributed by atoms with E-state index in [-0.39, 0.29) is 11.1 Å². The molecule has 0 radical (unpaired) electrons. The maximum absolute atomic E-state index is 10.8. The number of ether oxygens (including phenoxy) is 1. The first-order valence-corrected chi connectivity index (χ1v) is 5.87. The smallest absolute Gasteiger partial charge is 0.150 e. The van der Waals surface area contributed by atoms with Crippen LogP contribution in [0.2, 0.25) is 0 Å². The van der Waals surface area contributed by atoms with Gasteiger partial charge in [-0.25, -0.2) is 0 Å². The maximum atomic E-state index is 10.8. The molecule has 5 heteroatoms. The van der Waals surface area contributed by atoms with Gasteiger partial charge in [0.05, 0.1) is 11.1 Å². The van der Waals surface area contributed by atoms with Crippen molar-refractivity contribution in [3.63, 3.8) is 0 Å². The van der Waals surface area contributed by atoms with Crippen molar-refractivity contribution in [3.05, 3.63) is 58.7 Å². The van der Waals surface area contributed by atoms with Crippen molar-refractivity contribution in [2.45, 2.75) is 0 Å². The van der Waals surface area contributed by atoms with Crippen LogP contribution >= 0.6 is 0 Å². The summed E-state index contributed by atoms with van der Waals surface area (Å²) in [6.07, 6.45) is 1.22. The Bertz CT molecular complexity index is 772. The minimum Gasteiger partial charge on any atom is -0.457 e. The van der Waals surface area contributed by atoms with Crippen molar-refractivity contribution in [2.75, 3.05) is 0 Å². The lowest BCUT2D eigenvalue weighted by molar-refractivity contribution is 0.112.